The maximum absolute atomic E-state index is 12.8. The molecule has 1 saturated carbocycles. The molecule has 0 aromatic heterocycles. The van der Waals surface area contributed by atoms with Gasteiger partial charge in [0.05, 0.1) is 6.04 Å². The maximum Gasteiger partial charge on any atom is 0.234 e. The van der Waals surface area contributed by atoms with Crippen LogP contribution >= 0.6 is 0 Å². The molecule has 0 spiro atoms. The highest BCUT2D eigenvalue weighted by molar-refractivity contribution is 6.09. The van der Waals surface area contributed by atoms with E-state index in [1.807, 2.05) is 0 Å². The summed E-state index contributed by atoms with van der Waals surface area (Å²) in [4.78, 5) is 12.1. The van der Waals surface area contributed by atoms with Crippen molar-refractivity contribution in [2.45, 2.75) is 25.8 Å². The molecule has 0 heterocycles. The first-order valence-corrected chi connectivity index (χ1v) is 6.04. The Hall–Kier alpha value is -2.11. The van der Waals surface area contributed by atoms with Crippen LogP contribution in [0.25, 0.3) is 0 Å². The summed E-state index contributed by atoms with van der Waals surface area (Å²) < 4.78 is 12.8. The van der Waals surface area contributed by atoms with Gasteiger partial charge in [0.25, 0.3) is 0 Å². The molecule has 1 fully saturated rings. The van der Waals surface area contributed by atoms with Crippen molar-refractivity contribution >= 4 is 11.7 Å². The number of carbonyl (C=O) groups excluding carboxylic acids is 1. The van der Waals surface area contributed by atoms with E-state index in [-0.39, 0.29) is 23.6 Å². The van der Waals surface area contributed by atoms with Crippen LogP contribution in [0.5, 0.6) is 0 Å². The van der Waals surface area contributed by atoms with Gasteiger partial charge in [0.2, 0.25) is 5.91 Å². The molecule has 0 aliphatic heterocycles. The third kappa shape index (κ3) is 2.52. The minimum absolute atomic E-state index is 0.0590. The van der Waals surface area contributed by atoms with Crippen molar-refractivity contribution in [3.05, 3.63) is 35.6 Å². The molecule has 4 N–H and O–H groups in total. The summed E-state index contributed by atoms with van der Waals surface area (Å²) in [7, 11) is 0. The lowest BCUT2D eigenvalue weighted by atomic mass is 10.0. The first kappa shape index (κ1) is 13.3. The molecule has 0 saturated heterocycles. The van der Waals surface area contributed by atoms with Gasteiger partial charge in [-0.25, -0.2) is 4.39 Å². The van der Waals surface area contributed by atoms with Gasteiger partial charge in [0, 0.05) is 0 Å². The van der Waals surface area contributed by atoms with E-state index in [1.165, 1.54) is 12.1 Å². The van der Waals surface area contributed by atoms with Crippen LogP contribution in [0, 0.1) is 11.2 Å². The molecule has 5 nitrogen and oxygen atoms in total. The van der Waals surface area contributed by atoms with Crippen LogP contribution < -0.4 is 11.1 Å². The third-order valence-electron chi connectivity index (χ3n) is 3.50. The summed E-state index contributed by atoms with van der Waals surface area (Å²) in [6.07, 6.45) is 1.15. The maximum atomic E-state index is 12.8. The van der Waals surface area contributed by atoms with Crippen molar-refractivity contribution in [2.24, 2.45) is 16.3 Å². The van der Waals surface area contributed by atoms with E-state index in [2.05, 4.69) is 10.5 Å². The number of hydrogen-bond acceptors (Lipinski definition) is 3. The second-order valence-electron chi connectivity index (χ2n) is 4.81. The standard InChI is InChI=1S/C13H16FN3O2/c1-8(9-2-4-10(14)5-3-9)16-12(18)13(6-7-13)11(15)17-19/h2-5,8,19H,6-7H2,1H3,(H2,15,17)(H,16,18). The molecule has 1 amide bonds. The summed E-state index contributed by atoms with van der Waals surface area (Å²) in [5, 5.41) is 14.4. The van der Waals surface area contributed by atoms with E-state index in [0.29, 0.717) is 12.8 Å². The number of halogens is 1. The number of carbonyl (C=O) groups is 1. The van der Waals surface area contributed by atoms with Crippen LogP contribution in [0.3, 0.4) is 0 Å². The number of hydrogen-bond donors (Lipinski definition) is 3. The topological polar surface area (TPSA) is 87.7 Å². The van der Waals surface area contributed by atoms with E-state index < -0.39 is 5.41 Å². The summed E-state index contributed by atoms with van der Waals surface area (Å²) in [5.74, 6) is -0.645. The smallest absolute Gasteiger partial charge is 0.234 e. The number of amides is 1. The fourth-order valence-corrected chi connectivity index (χ4v) is 1.99. The molecule has 1 aliphatic carbocycles. The van der Waals surface area contributed by atoms with Gasteiger partial charge in [-0.15, -0.1) is 0 Å². The Labute approximate surface area is 110 Å². The zero-order chi connectivity index (χ0) is 14.0. The van der Waals surface area contributed by atoms with Gasteiger partial charge in [-0.3, -0.25) is 4.79 Å². The Balaban J connectivity index is 2.05. The number of amidine groups is 1. The molecule has 1 atom stereocenters. The summed E-state index contributed by atoms with van der Waals surface area (Å²) in [5.41, 5.74) is 5.46. The van der Waals surface area contributed by atoms with Crippen LogP contribution in [0.1, 0.15) is 31.4 Å². The lowest BCUT2D eigenvalue weighted by Crippen LogP contribution is -2.41. The van der Waals surface area contributed by atoms with Crippen LogP contribution in [0.2, 0.25) is 0 Å². The zero-order valence-electron chi connectivity index (χ0n) is 10.6. The average molecular weight is 265 g/mol. The second-order valence-corrected chi connectivity index (χ2v) is 4.81. The molecule has 0 bridgehead atoms. The van der Waals surface area contributed by atoms with Gasteiger partial charge >= 0.3 is 0 Å². The molecule has 1 aromatic rings. The SMILES string of the molecule is CC(NC(=O)C1(/C(N)=N/O)CC1)c1ccc(F)cc1. The molecule has 6 heteroatoms. The Bertz CT molecular complexity index is 509. The second kappa shape index (κ2) is 4.87. The van der Waals surface area contributed by atoms with Gasteiger partial charge in [-0.1, -0.05) is 17.3 Å². The van der Waals surface area contributed by atoms with Crippen molar-refractivity contribution in [1.29, 1.82) is 0 Å². The molecular formula is C13H16FN3O2. The van der Waals surface area contributed by atoms with Crippen molar-refractivity contribution in [1.82, 2.24) is 5.32 Å². The van der Waals surface area contributed by atoms with Gasteiger partial charge in [-0.2, -0.15) is 0 Å². The molecule has 0 radical (unpaired) electrons. The quantitative estimate of drug-likeness (QED) is 0.334. The van der Waals surface area contributed by atoms with E-state index in [0.717, 1.165) is 5.56 Å². The minimum atomic E-state index is -0.872. The number of nitrogens with one attached hydrogen (secondary N) is 1. The zero-order valence-corrected chi connectivity index (χ0v) is 10.6. The lowest BCUT2D eigenvalue weighted by molar-refractivity contribution is -0.124. The van der Waals surface area contributed by atoms with E-state index in [9.17, 15) is 9.18 Å². The third-order valence-corrected chi connectivity index (χ3v) is 3.50. The number of nitrogens with zero attached hydrogens (tertiary/aromatic N) is 1. The highest BCUT2D eigenvalue weighted by Gasteiger charge is 2.54. The van der Waals surface area contributed by atoms with Crippen molar-refractivity contribution in [2.75, 3.05) is 0 Å². The van der Waals surface area contributed by atoms with Crippen LogP contribution in [-0.4, -0.2) is 17.0 Å². The van der Waals surface area contributed by atoms with E-state index in [1.54, 1.807) is 19.1 Å². The minimum Gasteiger partial charge on any atom is -0.409 e. The summed E-state index contributed by atoms with van der Waals surface area (Å²) >= 11 is 0. The fraction of sp³-hybridized carbons (Fsp3) is 0.385. The normalized spacial score (nSPS) is 18.7. The monoisotopic (exact) mass is 265 g/mol. The highest BCUT2D eigenvalue weighted by Crippen LogP contribution is 2.46. The number of oxime groups is 1. The molecule has 19 heavy (non-hydrogen) atoms. The molecule has 1 aromatic carbocycles. The first-order chi connectivity index (χ1) is 8.99. The van der Waals surface area contributed by atoms with Gasteiger partial charge < -0.3 is 16.3 Å². The van der Waals surface area contributed by atoms with Crippen molar-refractivity contribution in [3.63, 3.8) is 0 Å². The highest BCUT2D eigenvalue weighted by atomic mass is 19.1. The molecule has 102 valence electrons. The number of nitrogens with two attached hydrogens (primary N) is 1. The first-order valence-electron chi connectivity index (χ1n) is 6.04. The Morgan fingerprint density at radius 1 is 1.47 bits per heavy atom. The van der Waals surface area contributed by atoms with Crippen molar-refractivity contribution in [3.8, 4) is 0 Å². The lowest BCUT2D eigenvalue weighted by Gasteiger charge is -2.19. The molecule has 1 unspecified atom stereocenters. The van der Waals surface area contributed by atoms with Crippen LogP contribution in [0.4, 0.5) is 4.39 Å². The fourth-order valence-electron chi connectivity index (χ4n) is 1.99. The molecular weight excluding hydrogens is 249 g/mol. The summed E-state index contributed by atoms with van der Waals surface area (Å²) in [6.45, 7) is 1.80. The predicted molar refractivity (Wildman–Crippen MR) is 68.0 cm³/mol. The summed E-state index contributed by atoms with van der Waals surface area (Å²) in [6, 6.07) is 5.65. The van der Waals surface area contributed by atoms with E-state index >= 15 is 0 Å². The van der Waals surface area contributed by atoms with Crippen LogP contribution in [-0.2, 0) is 4.79 Å². The van der Waals surface area contributed by atoms with Gasteiger partial charge in [0.1, 0.15) is 11.2 Å². The number of rotatable bonds is 4. The van der Waals surface area contributed by atoms with Crippen LogP contribution in [0.15, 0.2) is 29.4 Å². The molecule has 1 aliphatic rings. The average Bonchev–Trinajstić information content (AvgIpc) is 3.20. The van der Waals surface area contributed by atoms with Gasteiger partial charge in [-0.05, 0) is 37.5 Å². The Morgan fingerprint density at radius 2 is 2.05 bits per heavy atom. The molecule has 2 rings (SSSR count). The number of benzene rings is 1. The van der Waals surface area contributed by atoms with Gasteiger partial charge in [0.15, 0.2) is 5.84 Å². The Kier molecular flexibility index (Phi) is 3.42. The van der Waals surface area contributed by atoms with E-state index in [4.69, 9.17) is 10.9 Å². The largest absolute Gasteiger partial charge is 0.409 e. The Morgan fingerprint density at radius 3 is 2.53 bits per heavy atom. The van der Waals surface area contributed by atoms with Crippen molar-refractivity contribution < 1.29 is 14.4 Å². The predicted octanol–water partition coefficient (Wildman–Crippen LogP) is 1.53.